The molecule has 0 saturated carbocycles. The smallest absolute Gasteiger partial charge is 0.120 e. The molecule has 3 rings (SSSR count). The summed E-state index contributed by atoms with van der Waals surface area (Å²) in [6, 6.07) is 20.7. The molecule has 0 spiro atoms. The Morgan fingerprint density at radius 1 is 0.852 bits per heavy atom. The maximum atomic E-state index is 6.15. The van der Waals surface area contributed by atoms with Gasteiger partial charge in [-0.05, 0) is 35.9 Å². The molecule has 3 nitrogen and oxygen atoms in total. The van der Waals surface area contributed by atoms with E-state index in [-0.39, 0.29) is 0 Å². The fraction of sp³-hybridized carbons (Fsp3) is 0.0952. The van der Waals surface area contributed by atoms with Gasteiger partial charge in [0.25, 0.3) is 0 Å². The lowest BCUT2D eigenvalue weighted by atomic mass is 10.2. The van der Waals surface area contributed by atoms with E-state index in [0.29, 0.717) is 28.2 Å². The van der Waals surface area contributed by atoms with Crippen LogP contribution in [0.15, 0.2) is 71.8 Å². The molecule has 0 aromatic heterocycles. The quantitative estimate of drug-likeness (QED) is 0.357. The zero-order valence-corrected chi connectivity index (χ0v) is 16.6. The molecule has 0 aliphatic carbocycles. The Balaban J connectivity index is 1.57. The molecule has 0 saturated heterocycles. The summed E-state index contributed by atoms with van der Waals surface area (Å²) in [6.45, 7) is 0.848. The zero-order valence-electron chi connectivity index (χ0n) is 14.3. The first-order valence-corrected chi connectivity index (χ1v) is 9.42. The summed E-state index contributed by atoms with van der Waals surface area (Å²) in [5, 5.41) is 6.14. The van der Waals surface area contributed by atoms with Crippen LogP contribution in [-0.2, 0) is 13.2 Å². The molecule has 3 aromatic carbocycles. The molecule has 0 heterocycles. The molecular formula is C21H17Cl3N2O. The van der Waals surface area contributed by atoms with Crippen molar-refractivity contribution in [3.8, 4) is 5.75 Å². The van der Waals surface area contributed by atoms with Gasteiger partial charge in [-0.2, -0.15) is 5.10 Å². The maximum absolute atomic E-state index is 6.15. The lowest BCUT2D eigenvalue weighted by molar-refractivity contribution is 0.306. The van der Waals surface area contributed by atoms with E-state index in [1.165, 1.54) is 0 Å². The largest absolute Gasteiger partial charge is 0.489 e. The highest BCUT2D eigenvalue weighted by atomic mass is 35.5. The van der Waals surface area contributed by atoms with Crippen LogP contribution in [0.4, 0.5) is 0 Å². The Bertz CT molecular complexity index is 924. The van der Waals surface area contributed by atoms with E-state index in [1.807, 2.05) is 54.6 Å². The van der Waals surface area contributed by atoms with Gasteiger partial charge in [0.1, 0.15) is 12.4 Å². The normalized spacial score (nSPS) is 10.9. The molecular weight excluding hydrogens is 403 g/mol. The van der Waals surface area contributed by atoms with Gasteiger partial charge in [-0.25, -0.2) is 0 Å². The van der Waals surface area contributed by atoms with Gasteiger partial charge in [-0.15, -0.1) is 0 Å². The molecule has 6 heteroatoms. The summed E-state index contributed by atoms with van der Waals surface area (Å²) in [5.74, 6) is 0.744. The van der Waals surface area contributed by atoms with Gasteiger partial charge in [0, 0.05) is 26.2 Å². The van der Waals surface area contributed by atoms with Crippen molar-refractivity contribution in [1.29, 1.82) is 0 Å². The van der Waals surface area contributed by atoms with E-state index in [2.05, 4.69) is 10.5 Å². The summed E-state index contributed by atoms with van der Waals surface area (Å²) in [4.78, 5) is 0. The molecule has 0 atom stereocenters. The van der Waals surface area contributed by atoms with Crippen molar-refractivity contribution in [1.82, 2.24) is 5.43 Å². The monoisotopic (exact) mass is 418 g/mol. The van der Waals surface area contributed by atoms with Gasteiger partial charge in [0.15, 0.2) is 0 Å². The summed E-state index contributed by atoms with van der Waals surface area (Å²) in [7, 11) is 0. The third kappa shape index (κ3) is 5.64. The number of hydrogen-bond acceptors (Lipinski definition) is 3. The van der Waals surface area contributed by atoms with Crippen LogP contribution in [0.5, 0.6) is 5.75 Å². The molecule has 3 aromatic rings. The van der Waals surface area contributed by atoms with Crippen molar-refractivity contribution >= 4 is 41.0 Å². The molecule has 0 radical (unpaired) electrons. The number of halogens is 3. The number of benzene rings is 3. The third-order valence-electron chi connectivity index (χ3n) is 3.83. The van der Waals surface area contributed by atoms with Gasteiger partial charge in [0.2, 0.25) is 0 Å². The SMILES string of the molecule is Clc1ccccc1COc1cccc(/C=N\NCc2c(Cl)cccc2Cl)c1. The summed E-state index contributed by atoms with van der Waals surface area (Å²) in [5.41, 5.74) is 5.62. The average Bonchev–Trinajstić information content (AvgIpc) is 2.67. The van der Waals surface area contributed by atoms with Crippen LogP contribution in [0.25, 0.3) is 0 Å². The Labute approximate surface area is 173 Å². The van der Waals surface area contributed by atoms with Crippen LogP contribution in [0.1, 0.15) is 16.7 Å². The molecule has 0 aliphatic rings. The molecule has 0 aliphatic heterocycles. The van der Waals surface area contributed by atoms with Crippen molar-refractivity contribution in [3.63, 3.8) is 0 Å². The molecule has 0 bridgehead atoms. The van der Waals surface area contributed by atoms with Crippen molar-refractivity contribution in [2.75, 3.05) is 0 Å². The standard InChI is InChI=1S/C21H17Cl3N2O/c22-19-8-2-1-6-16(19)14-27-17-7-3-5-15(11-17)12-25-26-13-18-20(23)9-4-10-21(18)24/h1-12,26H,13-14H2/b25-12-. The second-order valence-electron chi connectivity index (χ2n) is 5.75. The fourth-order valence-electron chi connectivity index (χ4n) is 2.41. The summed E-state index contributed by atoms with van der Waals surface area (Å²) >= 11 is 18.4. The number of nitrogens with one attached hydrogen (secondary N) is 1. The second kappa shape index (κ2) is 9.65. The molecule has 1 N–H and O–H groups in total. The first kappa shape index (κ1) is 19.6. The first-order valence-electron chi connectivity index (χ1n) is 8.28. The van der Waals surface area contributed by atoms with E-state index in [0.717, 1.165) is 22.4 Å². The predicted molar refractivity (Wildman–Crippen MR) is 113 cm³/mol. The molecule has 27 heavy (non-hydrogen) atoms. The van der Waals surface area contributed by atoms with Crippen LogP contribution in [0, 0.1) is 0 Å². The Kier molecular flexibility index (Phi) is 6.99. The minimum absolute atomic E-state index is 0.406. The highest BCUT2D eigenvalue weighted by molar-refractivity contribution is 6.36. The van der Waals surface area contributed by atoms with E-state index >= 15 is 0 Å². The Morgan fingerprint density at radius 2 is 1.56 bits per heavy atom. The summed E-state index contributed by atoms with van der Waals surface area (Å²) in [6.07, 6.45) is 1.72. The summed E-state index contributed by atoms with van der Waals surface area (Å²) < 4.78 is 5.82. The van der Waals surface area contributed by atoms with Gasteiger partial charge >= 0.3 is 0 Å². The lowest BCUT2D eigenvalue weighted by Crippen LogP contribution is -2.06. The number of nitrogens with zero attached hydrogens (tertiary/aromatic N) is 1. The van der Waals surface area contributed by atoms with Crippen molar-refractivity contribution < 1.29 is 4.74 Å². The van der Waals surface area contributed by atoms with E-state index in [9.17, 15) is 0 Å². The highest BCUT2D eigenvalue weighted by Crippen LogP contribution is 2.24. The van der Waals surface area contributed by atoms with Crippen LogP contribution in [0.2, 0.25) is 15.1 Å². The Hall–Kier alpha value is -2.20. The minimum Gasteiger partial charge on any atom is -0.489 e. The second-order valence-corrected chi connectivity index (χ2v) is 6.97. The van der Waals surface area contributed by atoms with E-state index in [1.54, 1.807) is 18.3 Å². The number of hydrogen-bond donors (Lipinski definition) is 1. The topological polar surface area (TPSA) is 33.6 Å². The molecule has 0 unspecified atom stereocenters. The first-order chi connectivity index (χ1) is 13.1. The van der Waals surface area contributed by atoms with Crippen molar-refractivity contribution in [2.45, 2.75) is 13.2 Å². The van der Waals surface area contributed by atoms with Crippen LogP contribution in [-0.4, -0.2) is 6.21 Å². The third-order valence-corrected chi connectivity index (χ3v) is 4.91. The number of hydrazone groups is 1. The van der Waals surface area contributed by atoms with Crippen LogP contribution < -0.4 is 10.2 Å². The van der Waals surface area contributed by atoms with Gasteiger partial charge in [0.05, 0.1) is 12.8 Å². The van der Waals surface area contributed by atoms with Gasteiger partial charge in [-0.3, -0.25) is 0 Å². The lowest BCUT2D eigenvalue weighted by Gasteiger charge is -2.08. The van der Waals surface area contributed by atoms with E-state index in [4.69, 9.17) is 39.5 Å². The van der Waals surface area contributed by atoms with Crippen LogP contribution in [0.3, 0.4) is 0 Å². The van der Waals surface area contributed by atoms with Gasteiger partial charge in [-0.1, -0.05) is 71.2 Å². The molecule has 0 amide bonds. The highest BCUT2D eigenvalue weighted by Gasteiger charge is 2.04. The molecule has 138 valence electrons. The number of rotatable bonds is 7. The van der Waals surface area contributed by atoms with E-state index < -0.39 is 0 Å². The minimum atomic E-state index is 0.406. The number of ether oxygens (including phenoxy) is 1. The maximum Gasteiger partial charge on any atom is 0.120 e. The van der Waals surface area contributed by atoms with Crippen molar-refractivity contribution in [3.05, 3.63) is 98.5 Å². The van der Waals surface area contributed by atoms with Crippen molar-refractivity contribution in [2.24, 2.45) is 5.10 Å². The fourth-order valence-corrected chi connectivity index (χ4v) is 3.13. The average molecular weight is 420 g/mol. The zero-order chi connectivity index (χ0) is 19.1. The molecule has 0 fully saturated rings. The Morgan fingerprint density at radius 3 is 2.33 bits per heavy atom. The van der Waals surface area contributed by atoms with Crippen LogP contribution >= 0.6 is 34.8 Å². The predicted octanol–water partition coefficient (Wildman–Crippen LogP) is 6.35. The van der Waals surface area contributed by atoms with Gasteiger partial charge < -0.3 is 10.2 Å².